The number of H-pyrrole nitrogens is 1. The van der Waals surface area contributed by atoms with Crippen LogP contribution in [0.25, 0.3) is 0 Å². The molecule has 0 radical (unpaired) electrons. The lowest BCUT2D eigenvalue weighted by Crippen LogP contribution is -1.90. The SMILES string of the molecule is Cc1c[nH]c(Cc2cccc(O)c2)n1. The lowest BCUT2D eigenvalue weighted by molar-refractivity contribution is 0.474. The van der Waals surface area contributed by atoms with Gasteiger partial charge in [-0.3, -0.25) is 0 Å². The minimum atomic E-state index is 0.297. The molecule has 2 aromatic rings. The molecule has 0 saturated heterocycles. The number of aromatic amines is 1. The molecule has 0 unspecified atom stereocenters. The first kappa shape index (κ1) is 8.81. The van der Waals surface area contributed by atoms with Gasteiger partial charge in [0.2, 0.25) is 0 Å². The first-order chi connectivity index (χ1) is 6.74. The highest BCUT2D eigenvalue weighted by molar-refractivity contribution is 5.29. The number of imidazole rings is 1. The van der Waals surface area contributed by atoms with Crippen LogP contribution >= 0.6 is 0 Å². The fraction of sp³-hybridized carbons (Fsp3) is 0.182. The first-order valence-corrected chi connectivity index (χ1v) is 4.53. The molecule has 0 fully saturated rings. The molecule has 0 amide bonds. The molecule has 1 aromatic carbocycles. The predicted molar refractivity (Wildman–Crippen MR) is 54.2 cm³/mol. The maximum Gasteiger partial charge on any atom is 0.115 e. The van der Waals surface area contributed by atoms with Crippen LogP contribution in [0.2, 0.25) is 0 Å². The van der Waals surface area contributed by atoms with Gasteiger partial charge in [-0.2, -0.15) is 0 Å². The molecule has 72 valence electrons. The summed E-state index contributed by atoms with van der Waals surface area (Å²) < 4.78 is 0. The molecular formula is C11H12N2O. The van der Waals surface area contributed by atoms with Crippen molar-refractivity contribution in [1.29, 1.82) is 0 Å². The summed E-state index contributed by atoms with van der Waals surface area (Å²) in [4.78, 5) is 7.38. The Bertz CT molecular complexity index is 434. The average molecular weight is 188 g/mol. The maximum atomic E-state index is 9.27. The number of aromatic hydroxyl groups is 1. The molecule has 1 aromatic heterocycles. The number of phenols is 1. The summed E-state index contributed by atoms with van der Waals surface area (Å²) in [5, 5.41) is 9.27. The zero-order valence-corrected chi connectivity index (χ0v) is 7.99. The van der Waals surface area contributed by atoms with Crippen LogP contribution in [0.3, 0.4) is 0 Å². The zero-order valence-electron chi connectivity index (χ0n) is 7.99. The zero-order chi connectivity index (χ0) is 9.97. The molecular weight excluding hydrogens is 176 g/mol. The number of hydrogen-bond acceptors (Lipinski definition) is 2. The fourth-order valence-corrected chi connectivity index (χ4v) is 1.42. The third-order valence-electron chi connectivity index (χ3n) is 2.04. The number of nitrogens with one attached hydrogen (secondary N) is 1. The second kappa shape index (κ2) is 3.54. The van der Waals surface area contributed by atoms with E-state index in [0.29, 0.717) is 5.75 Å². The standard InChI is InChI=1S/C11H12N2O/c1-8-7-12-11(13-8)6-9-3-2-4-10(14)5-9/h2-5,7,14H,6H2,1H3,(H,12,13). The van der Waals surface area contributed by atoms with Gasteiger partial charge in [-0.1, -0.05) is 12.1 Å². The van der Waals surface area contributed by atoms with Gasteiger partial charge in [0.15, 0.2) is 0 Å². The number of hydrogen-bond donors (Lipinski definition) is 2. The van der Waals surface area contributed by atoms with E-state index >= 15 is 0 Å². The van der Waals surface area contributed by atoms with Gasteiger partial charge in [0.25, 0.3) is 0 Å². The van der Waals surface area contributed by atoms with E-state index in [1.165, 1.54) is 0 Å². The van der Waals surface area contributed by atoms with Gasteiger partial charge in [-0.05, 0) is 24.6 Å². The Morgan fingerprint density at radius 2 is 2.29 bits per heavy atom. The van der Waals surface area contributed by atoms with Crippen molar-refractivity contribution >= 4 is 0 Å². The van der Waals surface area contributed by atoms with Crippen LogP contribution in [0.15, 0.2) is 30.5 Å². The van der Waals surface area contributed by atoms with Gasteiger partial charge in [0.1, 0.15) is 11.6 Å². The third-order valence-corrected chi connectivity index (χ3v) is 2.04. The van der Waals surface area contributed by atoms with E-state index in [-0.39, 0.29) is 0 Å². The van der Waals surface area contributed by atoms with Crippen molar-refractivity contribution in [3.05, 3.63) is 47.5 Å². The molecule has 0 aliphatic carbocycles. The van der Waals surface area contributed by atoms with Gasteiger partial charge in [0.05, 0.1) is 5.69 Å². The van der Waals surface area contributed by atoms with Crippen LogP contribution < -0.4 is 0 Å². The van der Waals surface area contributed by atoms with Crippen LogP contribution in [0.4, 0.5) is 0 Å². The van der Waals surface area contributed by atoms with E-state index in [9.17, 15) is 5.11 Å². The van der Waals surface area contributed by atoms with E-state index < -0.39 is 0 Å². The highest BCUT2D eigenvalue weighted by Gasteiger charge is 2.00. The third kappa shape index (κ3) is 1.93. The van der Waals surface area contributed by atoms with E-state index in [1.54, 1.807) is 12.1 Å². The van der Waals surface area contributed by atoms with E-state index in [1.807, 2.05) is 25.3 Å². The largest absolute Gasteiger partial charge is 0.508 e. The molecule has 0 aliphatic rings. The summed E-state index contributed by atoms with van der Waals surface area (Å²) in [7, 11) is 0. The fourth-order valence-electron chi connectivity index (χ4n) is 1.42. The van der Waals surface area contributed by atoms with Crippen molar-refractivity contribution in [3.8, 4) is 5.75 Å². The smallest absolute Gasteiger partial charge is 0.115 e. The molecule has 2 N–H and O–H groups in total. The topological polar surface area (TPSA) is 48.9 Å². The highest BCUT2D eigenvalue weighted by atomic mass is 16.3. The van der Waals surface area contributed by atoms with E-state index in [2.05, 4.69) is 9.97 Å². The van der Waals surface area contributed by atoms with Crippen molar-refractivity contribution in [1.82, 2.24) is 9.97 Å². The van der Waals surface area contributed by atoms with Crippen molar-refractivity contribution in [2.24, 2.45) is 0 Å². The van der Waals surface area contributed by atoms with Crippen molar-refractivity contribution < 1.29 is 5.11 Å². The van der Waals surface area contributed by atoms with E-state index in [0.717, 1.165) is 23.5 Å². The number of phenolic OH excluding ortho intramolecular Hbond substituents is 1. The number of nitrogens with zero attached hydrogens (tertiary/aromatic N) is 1. The summed E-state index contributed by atoms with van der Waals surface area (Å²) in [6.45, 7) is 1.95. The van der Waals surface area contributed by atoms with E-state index in [4.69, 9.17) is 0 Å². The molecule has 3 nitrogen and oxygen atoms in total. The minimum Gasteiger partial charge on any atom is -0.508 e. The Hall–Kier alpha value is -1.77. The van der Waals surface area contributed by atoms with Crippen LogP contribution in [0.1, 0.15) is 17.1 Å². The minimum absolute atomic E-state index is 0.297. The normalized spacial score (nSPS) is 10.4. The van der Waals surface area contributed by atoms with Gasteiger partial charge >= 0.3 is 0 Å². The molecule has 0 aliphatic heterocycles. The van der Waals surface area contributed by atoms with Crippen molar-refractivity contribution in [3.63, 3.8) is 0 Å². The Balaban J connectivity index is 2.18. The summed E-state index contributed by atoms with van der Waals surface area (Å²) in [5.74, 6) is 1.22. The van der Waals surface area contributed by atoms with Gasteiger partial charge in [-0.15, -0.1) is 0 Å². The molecule has 1 heterocycles. The molecule has 14 heavy (non-hydrogen) atoms. The number of aryl methyl sites for hydroxylation is 1. The van der Waals surface area contributed by atoms with Gasteiger partial charge < -0.3 is 10.1 Å². The number of benzene rings is 1. The lowest BCUT2D eigenvalue weighted by Gasteiger charge is -1.98. The molecule has 0 bridgehead atoms. The van der Waals surface area contributed by atoms with Crippen LogP contribution in [-0.4, -0.2) is 15.1 Å². The molecule has 0 spiro atoms. The molecule has 0 atom stereocenters. The Kier molecular flexibility index (Phi) is 2.23. The lowest BCUT2D eigenvalue weighted by atomic mass is 10.1. The average Bonchev–Trinajstić information content (AvgIpc) is 2.51. The molecule has 3 heteroatoms. The highest BCUT2D eigenvalue weighted by Crippen LogP contribution is 2.13. The number of aromatic nitrogens is 2. The summed E-state index contributed by atoms with van der Waals surface area (Å²) in [6, 6.07) is 7.22. The van der Waals surface area contributed by atoms with Crippen LogP contribution in [-0.2, 0) is 6.42 Å². The van der Waals surface area contributed by atoms with Crippen LogP contribution in [0.5, 0.6) is 5.75 Å². The summed E-state index contributed by atoms with van der Waals surface area (Å²) >= 11 is 0. The molecule has 2 rings (SSSR count). The molecule has 0 saturated carbocycles. The van der Waals surface area contributed by atoms with Gasteiger partial charge in [0, 0.05) is 12.6 Å². The Morgan fingerprint density at radius 1 is 1.43 bits per heavy atom. The van der Waals surface area contributed by atoms with Crippen molar-refractivity contribution in [2.45, 2.75) is 13.3 Å². The quantitative estimate of drug-likeness (QED) is 0.757. The maximum absolute atomic E-state index is 9.27. The summed E-state index contributed by atoms with van der Waals surface area (Å²) in [6.07, 6.45) is 2.60. The Morgan fingerprint density at radius 3 is 2.93 bits per heavy atom. The first-order valence-electron chi connectivity index (χ1n) is 4.53. The second-order valence-corrected chi connectivity index (χ2v) is 3.34. The van der Waals surface area contributed by atoms with Crippen LogP contribution in [0, 0.1) is 6.92 Å². The second-order valence-electron chi connectivity index (χ2n) is 3.34. The van der Waals surface area contributed by atoms with Gasteiger partial charge in [-0.25, -0.2) is 4.98 Å². The Labute approximate surface area is 82.4 Å². The van der Waals surface area contributed by atoms with Crippen molar-refractivity contribution in [2.75, 3.05) is 0 Å². The number of rotatable bonds is 2. The summed E-state index contributed by atoms with van der Waals surface area (Å²) in [5.41, 5.74) is 2.04. The monoisotopic (exact) mass is 188 g/mol. The predicted octanol–water partition coefficient (Wildman–Crippen LogP) is 2.01.